The number of hydrogen-bond acceptors (Lipinski definition) is 3. The van der Waals surface area contributed by atoms with E-state index in [1.165, 1.54) is 5.56 Å². The van der Waals surface area contributed by atoms with E-state index in [1.54, 1.807) is 6.92 Å². The van der Waals surface area contributed by atoms with Crippen molar-refractivity contribution in [2.75, 3.05) is 6.61 Å². The Morgan fingerprint density at radius 1 is 1.25 bits per heavy atom. The van der Waals surface area contributed by atoms with Crippen molar-refractivity contribution >= 4 is 5.78 Å². The van der Waals surface area contributed by atoms with E-state index in [-0.39, 0.29) is 12.4 Å². The van der Waals surface area contributed by atoms with Crippen LogP contribution >= 0.6 is 0 Å². The summed E-state index contributed by atoms with van der Waals surface area (Å²) in [5, 5.41) is 17.8. The van der Waals surface area contributed by atoms with Gasteiger partial charge >= 0.3 is 0 Å². The number of nitrogens with zero attached hydrogens (tertiary/aromatic N) is 1. The van der Waals surface area contributed by atoms with E-state index in [2.05, 4.69) is 6.07 Å². The van der Waals surface area contributed by atoms with Crippen molar-refractivity contribution < 1.29 is 9.90 Å². The molecule has 0 aliphatic rings. The molecule has 108 valence electrons. The molecule has 0 aliphatic heterocycles. The maximum absolute atomic E-state index is 11.2. The van der Waals surface area contributed by atoms with E-state index in [4.69, 9.17) is 5.26 Å². The van der Waals surface area contributed by atoms with Crippen LogP contribution in [-0.4, -0.2) is 17.5 Å². The molecule has 1 aromatic carbocycles. The Hall–Kier alpha value is -1.66. The maximum Gasteiger partial charge on any atom is 0.159 e. The number of Topliss-reactive ketones (excluding diaryl/α,β-unsaturated/α-hetero) is 1. The van der Waals surface area contributed by atoms with Crippen molar-refractivity contribution in [2.45, 2.75) is 45.4 Å². The summed E-state index contributed by atoms with van der Waals surface area (Å²) in [7, 11) is 0. The second-order valence-corrected chi connectivity index (χ2v) is 5.24. The highest BCUT2D eigenvalue weighted by molar-refractivity contribution is 5.93. The molecule has 1 rings (SSSR count). The van der Waals surface area contributed by atoms with Crippen molar-refractivity contribution in [2.24, 2.45) is 5.92 Å². The molecule has 0 saturated heterocycles. The van der Waals surface area contributed by atoms with Gasteiger partial charge in [0.15, 0.2) is 5.78 Å². The summed E-state index contributed by atoms with van der Waals surface area (Å²) in [6.45, 7) is 1.77. The molecule has 1 N–H and O–H groups in total. The van der Waals surface area contributed by atoms with E-state index >= 15 is 0 Å². The predicted octanol–water partition coefficient (Wildman–Crippen LogP) is 3.51. The lowest BCUT2D eigenvalue weighted by molar-refractivity contribution is 0.101. The lowest BCUT2D eigenvalue weighted by Crippen LogP contribution is -2.07. The van der Waals surface area contributed by atoms with Crippen molar-refractivity contribution in [3.8, 4) is 6.07 Å². The Morgan fingerprint density at radius 2 is 1.95 bits per heavy atom. The van der Waals surface area contributed by atoms with Gasteiger partial charge in [-0.2, -0.15) is 5.26 Å². The Kier molecular flexibility index (Phi) is 7.60. The third-order valence-corrected chi connectivity index (χ3v) is 3.61. The number of unbranched alkanes of at least 4 members (excludes halogenated alkanes) is 2. The van der Waals surface area contributed by atoms with E-state index in [0.29, 0.717) is 12.3 Å². The SMILES string of the molecule is CC(=O)c1ccc(CCC(CO)CCCCC#N)cc1. The molecule has 0 aromatic heterocycles. The van der Waals surface area contributed by atoms with Gasteiger partial charge in [-0.05, 0) is 44.1 Å². The maximum atomic E-state index is 11.2. The average Bonchev–Trinajstić information content (AvgIpc) is 2.47. The number of aliphatic hydroxyl groups is 1. The zero-order valence-corrected chi connectivity index (χ0v) is 12.1. The van der Waals surface area contributed by atoms with Crippen LogP contribution in [-0.2, 0) is 6.42 Å². The zero-order valence-electron chi connectivity index (χ0n) is 12.1. The minimum Gasteiger partial charge on any atom is -0.396 e. The van der Waals surface area contributed by atoms with E-state index in [9.17, 15) is 9.90 Å². The quantitative estimate of drug-likeness (QED) is 0.553. The number of carbonyl (C=O) groups excluding carboxylic acids is 1. The first-order valence-corrected chi connectivity index (χ1v) is 7.25. The second kappa shape index (κ2) is 9.28. The number of rotatable bonds is 9. The van der Waals surface area contributed by atoms with Crippen LogP contribution in [0.2, 0.25) is 0 Å². The lowest BCUT2D eigenvalue weighted by atomic mass is 9.94. The number of ketones is 1. The number of carbonyl (C=O) groups is 1. The molecule has 0 aliphatic carbocycles. The smallest absolute Gasteiger partial charge is 0.159 e. The number of hydrogen-bond donors (Lipinski definition) is 1. The second-order valence-electron chi connectivity index (χ2n) is 5.24. The highest BCUT2D eigenvalue weighted by Gasteiger charge is 2.08. The zero-order chi connectivity index (χ0) is 14.8. The summed E-state index contributed by atoms with van der Waals surface area (Å²) in [6, 6.07) is 9.83. The fraction of sp³-hybridized carbons (Fsp3) is 0.529. The minimum absolute atomic E-state index is 0.0854. The molecule has 3 nitrogen and oxygen atoms in total. The largest absolute Gasteiger partial charge is 0.396 e. The molecule has 0 saturated carbocycles. The van der Waals surface area contributed by atoms with Crippen LogP contribution in [0.1, 0.15) is 54.9 Å². The Bertz CT molecular complexity index is 445. The van der Waals surface area contributed by atoms with Crippen molar-refractivity contribution in [3.05, 3.63) is 35.4 Å². The van der Waals surface area contributed by atoms with Crippen LogP contribution in [0.3, 0.4) is 0 Å². The van der Waals surface area contributed by atoms with Gasteiger partial charge in [0.05, 0.1) is 6.07 Å². The monoisotopic (exact) mass is 273 g/mol. The molecule has 0 bridgehead atoms. The first-order valence-electron chi connectivity index (χ1n) is 7.25. The first kappa shape index (κ1) is 16.4. The van der Waals surface area contributed by atoms with Gasteiger partial charge in [0.2, 0.25) is 0 Å². The van der Waals surface area contributed by atoms with Crippen LogP contribution in [0.4, 0.5) is 0 Å². The molecule has 0 spiro atoms. The van der Waals surface area contributed by atoms with Gasteiger partial charge in [-0.1, -0.05) is 30.7 Å². The van der Waals surface area contributed by atoms with E-state index in [1.807, 2.05) is 24.3 Å². The van der Waals surface area contributed by atoms with Gasteiger partial charge in [0.25, 0.3) is 0 Å². The van der Waals surface area contributed by atoms with Gasteiger partial charge in [0, 0.05) is 18.6 Å². The molecule has 20 heavy (non-hydrogen) atoms. The molecular formula is C17H23NO2. The Balaban J connectivity index is 2.36. The fourth-order valence-electron chi connectivity index (χ4n) is 2.24. The highest BCUT2D eigenvalue weighted by Crippen LogP contribution is 2.17. The lowest BCUT2D eigenvalue weighted by Gasteiger charge is -2.13. The van der Waals surface area contributed by atoms with E-state index in [0.717, 1.165) is 37.7 Å². The summed E-state index contributed by atoms with van der Waals surface area (Å²) in [6.07, 6.45) is 5.36. The molecular weight excluding hydrogens is 250 g/mol. The molecule has 1 atom stereocenters. The summed E-state index contributed by atoms with van der Waals surface area (Å²) in [5.41, 5.74) is 1.94. The predicted molar refractivity (Wildman–Crippen MR) is 79.4 cm³/mol. The Morgan fingerprint density at radius 3 is 2.50 bits per heavy atom. The van der Waals surface area contributed by atoms with Gasteiger partial charge in [0.1, 0.15) is 0 Å². The number of nitriles is 1. The van der Waals surface area contributed by atoms with E-state index < -0.39 is 0 Å². The molecule has 0 amide bonds. The van der Waals surface area contributed by atoms with Crippen LogP contribution < -0.4 is 0 Å². The summed E-state index contributed by atoms with van der Waals surface area (Å²) >= 11 is 0. The minimum atomic E-state index is 0.0854. The first-order chi connectivity index (χ1) is 9.67. The molecule has 1 unspecified atom stereocenters. The van der Waals surface area contributed by atoms with Crippen LogP contribution in [0, 0.1) is 17.2 Å². The van der Waals surface area contributed by atoms with Crippen molar-refractivity contribution in [3.63, 3.8) is 0 Å². The summed E-state index contributed by atoms with van der Waals surface area (Å²) in [5.74, 6) is 0.392. The standard InChI is InChI=1S/C17H23NO2/c1-14(20)17-10-8-15(9-11-17)6-7-16(13-19)5-3-2-4-12-18/h8-11,16,19H,2-7,13H2,1H3. The van der Waals surface area contributed by atoms with Crippen LogP contribution in [0.5, 0.6) is 0 Å². The average molecular weight is 273 g/mol. The van der Waals surface area contributed by atoms with Crippen LogP contribution in [0.25, 0.3) is 0 Å². The number of aliphatic hydroxyl groups excluding tert-OH is 1. The third-order valence-electron chi connectivity index (χ3n) is 3.61. The van der Waals surface area contributed by atoms with Gasteiger partial charge in [-0.15, -0.1) is 0 Å². The highest BCUT2D eigenvalue weighted by atomic mass is 16.3. The number of aryl methyl sites for hydroxylation is 1. The summed E-state index contributed by atoms with van der Waals surface area (Å²) < 4.78 is 0. The van der Waals surface area contributed by atoms with Gasteiger partial charge in [-0.3, -0.25) is 4.79 Å². The van der Waals surface area contributed by atoms with Crippen LogP contribution in [0.15, 0.2) is 24.3 Å². The normalized spacial score (nSPS) is 11.8. The third kappa shape index (κ3) is 5.99. The van der Waals surface area contributed by atoms with Crippen molar-refractivity contribution in [1.82, 2.24) is 0 Å². The van der Waals surface area contributed by atoms with Gasteiger partial charge in [-0.25, -0.2) is 0 Å². The fourth-order valence-corrected chi connectivity index (χ4v) is 2.24. The molecule has 3 heteroatoms. The van der Waals surface area contributed by atoms with Crippen molar-refractivity contribution in [1.29, 1.82) is 5.26 Å². The topological polar surface area (TPSA) is 61.1 Å². The number of benzene rings is 1. The molecule has 0 radical (unpaired) electrons. The summed E-state index contributed by atoms with van der Waals surface area (Å²) in [4.78, 5) is 11.2. The molecule has 0 fully saturated rings. The molecule has 0 heterocycles. The Labute approximate surface area is 121 Å². The molecule has 1 aromatic rings. The van der Waals surface area contributed by atoms with Gasteiger partial charge < -0.3 is 5.11 Å².